The van der Waals surface area contributed by atoms with Gasteiger partial charge in [-0.2, -0.15) is 0 Å². The molecule has 0 bridgehead atoms. The van der Waals surface area contributed by atoms with E-state index in [4.69, 9.17) is 9.47 Å². The van der Waals surface area contributed by atoms with Crippen molar-refractivity contribution < 1.29 is 24.2 Å². The fourth-order valence-corrected chi connectivity index (χ4v) is 3.79. The minimum absolute atomic E-state index is 0.0370. The lowest BCUT2D eigenvalue weighted by Crippen LogP contribution is -2.42. The van der Waals surface area contributed by atoms with Gasteiger partial charge < -0.3 is 19.5 Å². The SMILES string of the molecule is CC(C)(C)OC(=O)N1CCC(COc2cc([C@@H](CC(=O)O)C3CC3)ccn2)CC1. The van der Waals surface area contributed by atoms with Crippen LogP contribution in [0, 0.1) is 11.8 Å². The second-order valence-corrected chi connectivity index (χ2v) is 9.19. The van der Waals surface area contributed by atoms with Crippen LogP contribution in [0.2, 0.25) is 0 Å². The highest BCUT2D eigenvalue weighted by atomic mass is 16.6. The van der Waals surface area contributed by atoms with E-state index in [0.29, 0.717) is 37.4 Å². The fraction of sp³-hybridized carbons (Fsp3) is 0.682. The first kappa shape index (κ1) is 21.4. The Balaban J connectivity index is 1.49. The van der Waals surface area contributed by atoms with Crippen LogP contribution in [0.15, 0.2) is 18.3 Å². The minimum atomic E-state index is -0.766. The highest BCUT2D eigenvalue weighted by molar-refractivity contribution is 5.68. The summed E-state index contributed by atoms with van der Waals surface area (Å²) in [6.07, 6.45) is 5.50. The quantitative estimate of drug-likeness (QED) is 0.737. The van der Waals surface area contributed by atoms with Gasteiger partial charge in [-0.05, 0) is 75.8 Å². The molecule has 1 saturated heterocycles. The number of pyridine rings is 1. The highest BCUT2D eigenvalue weighted by Crippen LogP contribution is 2.44. The normalized spacial score (nSPS) is 18.9. The van der Waals surface area contributed by atoms with Crippen molar-refractivity contribution in [3.8, 4) is 5.88 Å². The molecule has 1 aromatic heterocycles. The molecule has 160 valence electrons. The van der Waals surface area contributed by atoms with E-state index in [9.17, 15) is 14.7 Å². The van der Waals surface area contributed by atoms with Crippen molar-refractivity contribution in [1.29, 1.82) is 0 Å². The monoisotopic (exact) mass is 404 g/mol. The van der Waals surface area contributed by atoms with E-state index in [0.717, 1.165) is 31.2 Å². The number of nitrogens with zero attached hydrogens (tertiary/aromatic N) is 2. The average molecular weight is 405 g/mol. The van der Waals surface area contributed by atoms with Crippen LogP contribution in [-0.4, -0.2) is 52.4 Å². The maximum Gasteiger partial charge on any atom is 0.410 e. The first-order chi connectivity index (χ1) is 13.7. The zero-order valence-electron chi connectivity index (χ0n) is 17.6. The summed E-state index contributed by atoms with van der Waals surface area (Å²) in [6, 6.07) is 3.79. The van der Waals surface area contributed by atoms with Gasteiger partial charge in [-0.3, -0.25) is 4.79 Å². The van der Waals surface area contributed by atoms with E-state index in [2.05, 4.69) is 4.98 Å². The number of ether oxygens (including phenoxy) is 2. The molecule has 2 aliphatic rings. The van der Waals surface area contributed by atoms with Gasteiger partial charge in [0, 0.05) is 25.4 Å². The molecule has 1 saturated carbocycles. The molecule has 0 aromatic carbocycles. The number of piperidine rings is 1. The largest absolute Gasteiger partial charge is 0.481 e. The van der Waals surface area contributed by atoms with Crippen LogP contribution >= 0.6 is 0 Å². The van der Waals surface area contributed by atoms with Crippen molar-refractivity contribution in [2.45, 2.75) is 64.4 Å². The van der Waals surface area contributed by atoms with Crippen LogP contribution in [0.25, 0.3) is 0 Å². The van der Waals surface area contributed by atoms with E-state index in [1.54, 1.807) is 11.1 Å². The zero-order chi connectivity index (χ0) is 21.0. The van der Waals surface area contributed by atoms with Gasteiger partial charge in [0.05, 0.1) is 13.0 Å². The number of rotatable bonds is 7. The molecule has 2 heterocycles. The lowest BCUT2D eigenvalue weighted by molar-refractivity contribution is -0.137. The molecular weight excluding hydrogens is 372 g/mol. The number of likely N-dealkylation sites (tertiary alicyclic amines) is 1. The molecule has 2 fully saturated rings. The molecule has 7 heteroatoms. The molecule has 1 aliphatic carbocycles. The Hall–Kier alpha value is -2.31. The van der Waals surface area contributed by atoms with Crippen LogP contribution in [-0.2, 0) is 9.53 Å². The summed E-state index contributed by atoms with van der Waals surface area (Å²) in [4.78, 5) is 29.4. The molecule has 0 unspecified atom stereocenters. The molecule has 0 radical (unpaired) electrons. The van der Waals surface area contributed by atoms with E-state index < -0.39 is 11.6 Å². The Labute approximate surface area is 172 Å². The fourth-order valence-electron chi connectivity index (χ4n) is 3.79. The zero-order valence-corrected chi connectivity index (χ0v) is 17.6. The van der Waals surface area contributed by atoms with E-state index in [1.165, 1.54) is 0 Å². The third-order valence-electron chi connectivity index (χ3n) is 5.51. The summed E-state index contributed by atoms with van der Waals surface area (Å²) in [5, 5.41) is 9.20. The van der Waals surface area contributed by atoms with Gasteiger partial charge in [-0.1, -0.05) is 0 Å². The van der Waals surface area contributed by atoms with Gasteiger partial charge in [0.15, 0.2) is 0 Å². The lowest BCUT2D eigenvalue weighted by Gasteiger charge is -2.33. The summed E-state index contributed by atoms with van der Waals surface area (Å²) in [7, 11) is 0. The third kappa shape index (κ3) is 6.61. The maximum absolute atomic E-state index is 12.2. The number of carbonyl (C=O) groups is 2. The second kappa shape index (κ2) is 9.01. The van der Waals surface area contributed by atoms with Crippen LogP contribution in [0.1, 0.15) is 64.4 Å². The first-order valence-corrected chi connectivity index (χ1v) is 10.5. The molecule has 1 N–H and O–H groups in total. The first-order valence-electron chi connectivity index (χ1n) is 10.5. The molecule has 7 nitrogen and oxygen atoms in total. The molecule has 1 atom stereocenters. The summed E-state index contributed by atoms with van der Waals surface area (Å²) in [6.45, 7) is 7.49. The minimum Gasteiger partial charge on any atom is -0.481 e. The van der Waals surface area contributed by atoms with Crippen molar-refractivity contribution in [2.24, 2.45) is 11.8 Å². The summed E-state index contributed by atoms with van der Waals surface area (Å²) in [5.41, 5.74) is 0.520. The van der Waals surface area contributed by atoms with Crippen LogP contribution in [0.3, 0.4) is 0 Å². The standard InChI is InChI=1S/C22H32N2O5/c1-22(2,3)29-21(27)24-10-7-15(8-11-24)14-28-19-12-17(6-9-23-19)18(13-20(25)26)16-4-5-16/h6,9,12,15-16,18H,4-5,7-8,10-11,13-14H2,1-3H3,(H,25,26)/t18-/m0/s1. The number of hydrogen-bond acceptors (Lipinski definition) is 5. The molecule has 0 spiro atoms. The molecule has 3 rings (SSSR count). The summed E-state index contributed by atoms with van der Waals surface area (Å²) < 4.78 is 11.4. The average Bonchev–Trinajstić information content (AvgIpc) is 3.48. The van der Waals surface area contributed by atoms with Crippen LogP contribution in [0.4, 0.5) is 4.79 Å². The van der Waals surface area contributed by atoms with Crippen molar-refractivity contribution in [3.05, 3.63) is 23.9 Å². The van der Waals surface area contributed by atoms with Crippen LogP contribution < -0.4 is 4.74 Å². The van der Waals surface area contributed by atoms with E-state index in [1.807, 2.05) is 32.9 Å². The van der Waals surface area contributed by atoms with Crippen molar-refractivity contribution in [2.75, 3.05) is 19.7 Å². The van der Waals surface area contributed by atoms with Gasteiger partial charge >= 0.3 is 12.1 Å². The van der Waals surface area contributed by atoms with E-state index in [-0.39, 0.29) is 18.4 Å². The van der Waals surface area contributed by atoms with Crippen LogP contribution in [0.5, 0.6) is 5.88 Å². The molecule has 1 aromatic rings. The topological polar surface area (TPSA) is 89.0 Å². The lowest BCUT2D eigenvalue weighted by atomic mass is 9.92. The Morgan fingerprint density at radius 3 is 2.52 bits per heavy atom. The summed E-state index contributed by atoms with van der Waals surface area (Å²) in [5.74, 6) is 0.636. The predicted molar refractivity (Wildman–Crippen MR) is 108 cm³/mol. The third-order valence-corrected chi connectivity index (χ3v) is 5.51. The number of carbonyl (C=O) groups excluding carboxylic acids is 1. The maximum atomic E-state index is 12.2. The predicted octanol–water partition coefficient (Wildman–Crippen LogP) is 4.08. The highest BCUT2D eigenvalue weighted by Gasteiger charge is 2.34. The van der Waals surface area contributed by atoms with Gasteiger partial charge in [0.25, 0.3) is 0 Å². The number of aliphatic carboxylic acids is 1. The molecular formula is C22H32N2O5. The summed E-state index contributed by atoms with van der Waals surface area (Å²) >= 11 is 0. The van der Waals surface area contributed by atoms with E-state index >= 15 is 0 Å². The number of aromatic nitrogens is 1. The Morgan fingerprint density at radius 2 is 1.93 bits per heavy atom. The number of amides is 1. The van der Waals surface area contributed by atoms with Gasteiger partial charge in [0.1, 0.15) is 5.60 Å². The molecule has 1 amide bonds. The van der Waals surface area contributed by atoms with Gasteiger partial charge in [0.2, 0.25) is 5.88 Å². The van der Waals surface area contributed by atoms with Gasteiger partial charge in [-0.15, -0.1) is 0 Å². The van der Waals surface area contributed by atoms with Gasteiger partial charge in [-0.25, -0.2) is 9.78 Å². The number of hydrogen-bond donors (Lipinski definition) is 1. The second-order valence-electron chi connectivity index (χ2n) is 9.19. The number of carboxylic acids is 1. The van der Waals surface area contributed by atoms with Crippen molar-refractivity contribution in [3.63, 3.8) is 0 Å². The van der Waals surface area contributed by atoms with Crippen molar-refractivity contribution in [1.82, 2.24) is 9.88 Å². The molecule has 1 aliphatic heterocycles. The molecule has 29 heavy (non-hydrogen) atoms. The van der Waals surface area contributed by atoms with Crippen molar-refractivity contribution >= 4 is 12.1 Å². The number of carboxylic acid groups (broad SMARTS) is 1. The Bertz CT molecular complexity index is 718. The smallest absolute Gasteiger partial charge is 0.410 e. The Morgan fingerprint density at radius 1 is 1.24 bits per heavy atom. The Kier molecular flexibility index (Phi) is 6.65.